The van der Waals surface area contributed by atoms with Crippen LogP contribution in [0, 0.1) is 5.41 Å². The Balaban J connectivity index is 1.59. The zero-order valence-electron chi connectivity index (χ0n) is 12.8. The summed E-state index contributed by atoms with van der Waals surface area (Å²) < 4.78 is 0. The lowest BCUT2D eigenvalue weighted by molar-refractivity contribution is 0.0606. The molecule has 1 N–H and O–H groups in total. The van der Waals surface area contributed by atoms with E-state index < -0.39 is 0 Å². The number of hydrogen-bond acceptors (Lipinski definition) is 2. The summed E-state index contributed by atoms with van der Waals surface area (Å²) in [5.41, 5.74) is 0.604. The van der Waals surface area contributed by atoms with Crippen molar-refractivity contribution in [1.82, 2.24) is 10.2 Å². The second-order valence-electron chi connectivity index (χ2n) is 7.53. The molecule has 1 heterocycles. The summed E-state index contributed by atoms with van der Waals surface area (Å²) in [6.07, 6.45) is 14.5. The molecule has 0 amide bonds. The van der Waals surface area contributed by atoms with Crippen molar-refractivity contribution in [2.45, 2.75) is 83.2 Å². The Kier molecular flexibility index (Phi) is 4.48. The molecule has 2 heteroatoms. The van der Waals surface area contributed by atoms with Gasteiger partial charge in [-0.1, -0.05) is 25.7 Å². The van der Waals surface area contributed by atoms with Crippen LogP contribution in [-0.4, -0.2) is 36.6 Å². The van der Waals surface area contributed by atoms with Gasteiger partial charge in [-0.05, 0) is 57.4 Å². The van der Waals surface area contributed by atoms with Gasteiger partial charge in [0.15, 0.2) is 0 Å². The average molecular weight is 264 g/mol. The molecular weight excluding hydrogens is 232 g/mol. The highest BCUT2D eigenvalue weighted by Crippen LogP contribution is 2.38. The smallest absolute Gasteiger partial charge is 0.00684 e. The first-order valence-electron chi connectivity index (χ1n) is 8.75. The number of nitrogens with one attached hydrogen (secondary N) is 1. The molecule has 2 nitrogen and oxygen atoms in total. The maximum Gasteiger partial charge on any atom is 0.00684 e. The van der Waals surface area contributed by atoms with Gasteiger partial charge in [-0.2, -0.15) is 0 Å². The van der Waals surface area contributed by atoms with Crippen molar-refractivity contribution in [2.24, 2.45) is 5.41 Å². The van der Waals surface area contributed by atoms with Crippen LogP contribution in [0.25, 0.3) is 0 Å². The standard InChI is InChI=1S/C17H32N2/c1-15-7-3-6-12-19(15)14-17(10-4-2-5-11-17)13-18-16-8-9-16/h15-16,18H,2-14H2,1H3. The Morgan fingerprint density at radius 1 is 1.00 bits per heavy atom. The molecule has 19 heavy (non-hydrogen) atoms. The SMILES string of the molecule is CC1CCCCN1CC1(CNC2CC2)CCCCC1. The molecule has 0 spiro atoms. The maximum absolute atomic E-state index is 3.84. The molecule has 3 fully saturated rings. The molecule has 1 aliphatic heterocycles. The van der Waals surface area contributed by atoms with Gasteiger partial charge in [0.05, 0.1) is 0 Å². The predicted octanol–water partition coefficient (Wildman–Crippen LogP) is 3.56. The van der Waals surface area contributed by atoms with Crippen molar-refractivity contribution in [3.8, 4) is 0 Å². The Morgan fingerprint density at radius 2 is 1.79 bits per heavy atom. The van der Waals surface area contributed by atoms with Gasteiger partial charge in [-0.3, -0.25) is 0 Å². The second kappa shape index (κ2) is 6.13. The van der Waals surface area contributed by atoms with Crippen LogP contribution in [0.5, 0.6) is 0 Å². The van der Waals surface area contributed by atoms with E-state index in [0.717, 1.165) is 12.1 Å². The van der Waals surface area contributed by atoms with Crippen molar-refractivity contribution in [2.75, 3.05) is 19.6 Å². The molecule has 0 bridgehead atoms. The third-order valence-electron chi connectivity index (χ3n) is 5.74. The van der Waals surface area contributed by atoms with Crippen molar-refractivity contribution >= 4 is 0 Å². The monoisotopic (exact) mass is 264 g/mol. The van der Waals surface area contributed by atoms with E-state index in [0.29, 0.717) is 5.41 Å². The molecule has 1 unspecified atom stereocenters. The average Bonchev–Trinajstić information content (AvgIpc) is 3.25. The van der Waals surface area contributed by atoms with E-state index in [2.05, 4.69) is 17.1 Å². The second-order valence-corrected chi connectivity index (χ2v) is 7.53. The highest BCUT2D eigenvalue weighted by atomic mass is 15.2. The molecule has 0 aromatic carbocycles. The number of hydrogen-bond donors (Lipinski definition) is 1. The summed E-state index contributed by atoms with van der Waals surface area (Å²) in [6, 6.07) is 1.70. The van der Waals surface area contributed by atoms with Gasteiger partial charge in [0.2, 0.25) is 0 Å². The maximum atomic E-state index is 3.84. The molecule has 2 aliphatic carbocycles. The van der Waals surface area contributed by atoms with Gasteiger partial charge in [-0.15, -0.1) is 0 Å². The molecule has 110 valence electrons. The van der Waals surface area contributed by atoms with Crippen LogP contribution in [0.2, 0.25) is 0 Å². The van der Waals surface area contributed by atoms with E-state index in [1.165, 1.54) is 83.8 Å². The first-order valence-corrected chi connectivity index (χ1v) is 8.75. The minimum Gasteiger partial charge on any atom is -0.313 e. The molecule has 0 aromatic rings. The van der Waals surface area contributed by atoms with Gasteiger partial charge in [0.1, 0.15) is 0 Å². The third-order valence-corrected chi connectivity index (χ3v) is 5.74. The minimum atomic E-state index is 0.604. The van der Waals surface area contributed by atoms with E-state index in [9.17, 15) is 0 Å². The van der Waals surface area contributed by atoms with Gasteiger partial charge in [0, 0.05) is 25.2 Å². The quantitative estimate of drug-likeness (QED) is 0.817. The molecule has 0 radical (unpaired) electrons. The van der Waals surface area contributed by atoms with Crippen LogP contribution in [0.3, 0.4) is 0 Å². The van der Waals surface area contributed by atoms with E-state index >= 15 is 0 Å². The zero-order chi connectivity index (χ0) is 13.1. The number of rotatable bonds is 5. The van der Waals surface area contributed by atoms with E-state index in [1.54, 1.807) is 0 Å². The molecule has 1 saturated heterocycles. The summed E-state index contributed by atoms with van der Waals surface area (Å²) in [5.74, 6) is 0. The Bertz CT molecular complexity index is 279. The Morgan fingerprint density at radius 3 is 2.47 bits per heavy atom. The summed E-state index contributed by atoms with van der Waals surface area (Å²) in [4.78, 5) is 2.81. The van der Waals surface area contributed by atoms with Crippen molar-refractivity contribution in [1.29, 1.82) is 0 Å². The van der Waals surface area contributed by atoms with Gasteiger partial charge in [0.25, 0.3) is 0 Å². The Labute approximate surface area is 119 Å². The van der Waals surface area contributed by atoms with Crippen molar-refractivity contribution in [3.05, 3.63) is 0 Å². The van der Waals surface area contributed by atoms with E-state index in [-0.39, 0.29) is 0 Å². The normalized spacial score (nSPS) is 32.4. The fourth-order valence-corrected chi connectivity index (χ4v) is 4.16. The molecular formula is C17H32N2. The lowest BCUT2D eigenvalue weighted by atomic mass is 9.73. The van der Waals surface area contributed by atoms with Crippen LogP contribution in [-0.2, 0) is 0 Å². The zero-order valence-corrected chi connectivity index (χ0v) is 12.8. The summed E-state index contributed by atoms with van der Waals surface area (Å²) in [7, 11) is 0. The van der Waals surface area contributed by atoms with Crippen molar-refractivity contribution in [3.63, 3.8) is 0 Å². The fourth-order valence-electron chi connectivity index (χ4n) is 4.16. The van der Waals surface area contributed by atoms with Crippen LogP contribution >= 0.6 is 0 Å². The number of piperidine rings is 1. The number of nitrogens with zero attached hydrogens (tertiary/aromatic N) is 1. The van der Waals surface area contributed by atoms with Gasteiger partial charge >= 0.3 is 0 Å². The number of likely N-dealkylation sites (tertiary alicyclic amines) is 1. The van der Waals surface area contributed by atoms with Gasteiger partial charge in [-0.25, -0.2) is 0 Å². The topological polar surface area (TPSA) is 15.3 Å². The molecule has 3 aliphatic rings. The Hall–Kier alpha value is -0.0800. The van der Waals surface area contributed by atoms with Crippen LogP contribution < -0.4 is 5.32 Å². The molecule has 1 atom stereocenters. The highest BCUT2D eigenvalue weighted by molar-refractivity contribution is 4.92. The van der Waals surface area contributed by atoms with E-state index in [4.69, 9.17) is 0 Å². The van der Waals surface area contributed by atoms with Crippen LogP contribution in [0.1, 0.15) is 71.1 Å². The van der Waals surface area contributed by atoms with Gasteiger partial charge < -0.3 is 10.2 Å². The lowest BCUT2D eigenvalue weighted by Crippen LogP contribution is -2.49. The van der Waals surface area contributed by atoms with Crippen LogP contribution in [0.4, 0.5) is 0 Å². The minimum absolute atomic E-state index is 0.604. The molecule has 0 aromatic heterocycles. The van der Waals surface area contributed by atoms with Crippen LogP contribution in [0.15, 0.2) is 0 Å². The summed E-state index contributed by atoms with van der Waals surface area (Å²) >= 11 is 0. The first-order chi connectivity index (χ1) is 9.27. The fraction of sp³-hybridized carbons (Fsp3) is 1.00. The van der Waals surface area contributed by atoms with Crippen molar-refractivity contribution < 1.29 is 0 Å². The largest absolute Gasteiger partial charge is 0.313 e. The molecule has 3 rings (SSSR count). The third kappa shape index (κ3) is 3.72. The summed E-state index contributed by atoms with van der Waals surface area (Å²) in [5, 5.41) is 3.84. The van der Waals surface area contributed by atoms with E-state index in [1.807, 2.05) is 0 Å². The first kappa shape index (κ1) is 13.9. The molecule has 2 saturated carbocycles. The summed E-state index contributed by atoms with van der Waals surface area (Å²) in [6.45, 7) is 6.46. The highest BCUT2D eigenvalue weighted by Gasteiger charge is 2.36. The lowest BCUT2D eigenvalue weighted by Gasteiger charge is -2.45. The predicted molar refractivity (Wildman–Crippen MR) is 81.4 cm³/mol.